The SMILES string of the molecule is CSCN(C)C(=O)Cl. The molecule has 0 aromatic rings. The second-order valence-electron chi connectivity index (χ2n) is 1.37. The summed E-state index contributed by atoms with van der Waals surface area (Å²) in [6.45, 7) is 0. The Morgan fingerprint density at radius 2 is 2.38 bits per heavy atom. The summed E-state index contributed by atoms with van der Waals surface area (Å²) in [6.07, 6.45) is 1.91. The second kappa shape index (κ2) is 4.04. The zero-order valence-electron chi connectivity index (χ0n) is 4.85. The van der Waals surface area contributed by atoms with Gasteiger partial charge in [0, 0.05) is 7.05 Å². The van der Waals surface area contributed by atoms with Gasteiger partial charge >= 0.3 is 5.37 Å². The summed E-state index contributed by atoms with van der Waals surface area (Å²) >= 11 is 6.64. The summed E-state index contributed by atoms with van der Waals surface area (Å²) in [5, 5.41) is -0.403. The first-order valence-corrected chi connectivity index (χ1v) is 3.85. The lowest BCUT2D eigenvalue weighted by Gasteiger charge is -2.09. The Morgan fingerprint density at radius 1 is 1.88 bits per heavy atom. The van der Waals surface area contributed by atoms with E-state index in [9.17, 15) is 4.79 Å². The van der Waals surface area contributed by atoms with Crippen molar-refractivity contribution in [1.82, 2.24) is 4.90 Å². The predicted octanol–water partition coefficient (Wildman–Crippen LogP) is 1.60. The first-order valence-electron chi connectivity index (χ1n) is 2.08. The molecule has 0 unspecified atom stereocenters. The van der Waals surface area contributed by atoms with Crippen LogP contribution in [0.5, 0.6) is 0 Å². The van der Waals surface area contributed by atoms with Gasteiger partial charge in [-0.25, -0.2) is 0 Å². The smallest absolute Gasteiger partial charge is 0.316 e. The largest absolute Gasteiger partial charge is 0.323 e. The number of carbonyl (C=O) groups excluding carboxylic acids is 1. The molecule has 0 N–H and O–H groups in total. The highest BCUT2D eigenvalue weighted by Crippen LogP contribution is 1.98. The fourth-order valence-electron chi connectivity index (χ4n) is 0.244. The van der Waals surface area contributed by atoms with Gasteiger partial charge in [0.15, 0.2) is 0 Å². The van der Waals surface area contributed by atoms with Crippen molar-refractivity contribution in [2.75, 3.05) is 19.2 Å². The molecule has 4 heteroatoms. The summed E-state index contributed by atoms with van der Waals surface area (Å²) < 4.78 is 0. The molecule has 0 aliphatic rings. The van der Waals surface area contributed by atoms with Crippen LogP contribution in [-0.4, -0.2) is 29.4 Å². The van der Waals surface area contributed by atoms with Gasteiger partial charge in [-0.3, -0.25) is 4.79 Å². The van der Waals surface area contributed by atoms with Crippen LogP contribution < -0.4 is 0 Å². The van der Waals surface area contributed by atoms with E-state index in [2.05, 4.69) is 0 Å². The molecule has 0 radical (unpaired) electrons. The van der Waals surface area contributed by atoms with E-state index in [-0.39, 0.29) is 0 Å². The molecule has 8 heavy (non-hydrogen) atoms. The van der Waals surface area contributed by atoms with Crippen molar-refractivity contribution >= 4 is 28.7 Å². The summed E-state index contributed by atoms with van der Waals surface area (Å²) in [6, 6.07) is 0. The lowest BCUT2D eigenvalue weighted by Crippen LogP contribution is -2.19. The monoisotopic (exact) mass is 153 g/mol. The Morgan fingerprint density at radius 3 is 2.50 bits per heavy atom. The average Bonchev–Trinajstić information content (AvgIpc) is 1.67. The predicted molar refractivity (Wildman–Crippen MR) is 37.4 cm³/mol. The van der Waals surface area contributed by atoms with Crippen molar-refractivity contribution in [1.29, 1.82) is 0 Å². The first-order chi connectivity index (χ1) is 3.68. The summed E-state index contributed by atoms with van der Waals surface area (Å²) in [5.74, 6) is 0.655. The van der Waals surface area contributed by atoms with Crippen LogP contribution in [0, 0.1) is 0 Å². The summed E-state index contributed by atoms with van der Waals surface area (Å²) in [4.78, 5) is 11.6. The van der Waals surface area contributed by atoms with E-state index in [1.54, 1.807) is 18.8 Å². The maximum Gasteiger partial charge on any atom is 0.316 e. The zero-order valence-corrected chi connectivity index (χ0v) is 6.42. The number of nitrogens with zero attached hydrogens (tertiary/aromatic N) is 1. The molecule has 0 bridgehead atoms. The van der Waals surface area contributed by atoms with Crippen molar-refractivity contribution in [2.45, 2.75) is 0 Å². The molecule has 0 fully saturated rings. The molecular weight excluding hydrogens is 146 g/mol. The van der Waals surface area contributed by atoms with Crippen LogP contribution in [-0.2, 0) is 0 Å². The topological polar surface area (TPSA) is 20.3 Å². The third-order valence-corrected chi connectivity index (χ3v) is 1.56. The van der Waals surface area contributed by atoms with Gasteiger partial charge in [0.1, 0.15) is 0 Å². The van der Waals surface area contributed by atoms with E-state index < -0.39 is 5.37 Å². The van der Waals surface area contributed by atoms with Crippen LogP contribution in [0.25, 0.3) is 0 Å². The van der Waals surface area contributed by atoms with Gasteiger partial charge in [-0.2, -0.15) is 0 Å². The van der Waals surface area contributed by atoms with Gasteiger partial charge in [0.25, 0.3) is 0 Å². The second-order valence-corrected chi connectivity index (χ2v) is 2.53. The Hall–Kier alpha value is 0.110. The lowest BCUT2D eigenvalue weighted by atomic mass is 11.0. The highest BCUT2D eigenvalue weighted by atomic mass is 35.5. The maximum atomic E-state index is 10.2. The van der Waals surface area contributed by atoms with Crippen molar-refractivity contribution in [3.8, 4) is 0 Å². The third-order valence-electron chi connectivity index (χ3n) is 0.623. The minimum Gasteiger partial charge on any atom is -0.323 e. The van der Waals surface area contributed by atoms with Crippen LogP contribution in [0.4, 0.5) is 4.79 Å². The molecule has 0 aliphatic carbocycles. The molecule has 0 aliphatic heterocycles. The molecule has 0 aromatic carbocycles. The number of rotatable bonds is 2. The number of halogens is 1. The van der Waals surface area contributed by atoms with Gasteiger partial charge < -0.3 is 4.90 Å². The fourth-order valence-corrected chi connectivity index (χ4v) is 0.880. The third kappa shape index (κ3) is 3.16. The molecule has 1 amide bonds. The molecule has 0 aromatic heterocycles. The Kier molecular flexibility index (Phi) is 4.09. The quantitative estimate of drug-likeness (QED) is 0.341. The van der Waals surface area contributed by atoms with Crippen LogP contribution in [0.15, 0.2) is 0 Å². The minimum absolute atomic E-state index is 0.403. The molecule has 2 nitrogen and oxygen atoms in total. The summed E-state index contributed by atoms with van der Waals surface area (Å²) in [7, 11) is 1.66. The highest BCUT2D eigenvalue weighted by molar-refractivity contribution is 7.98. The number of amides is 1. The van der Waals surface area contributed by atoms with Crippen molar-refractivity contribution in [3.63, 3.8) is 0 Å². The van der Waals surface area contributed by atoms with Crippen LogP contribution >= 0.6 is 23.4 Å². The van der Waals surface area contributed by atoms with E-state index in [4.69, 9.17) is 11.6 Å². The van der Waals surface area contributed by atoms with E-state index in [1.807, 2.05) is 6.26 Å². The first kappa shape index (κ1) is 8.11. The summed E-state index contributed by atoms with van der Waals surface area (Å²) in [5.41, 5.74) is 0. The Balaban J connectivity index is 3.32. The molecular formula is C4H8ClNOS. The van der Waals surface area contributed by atoms with Crippen molar-refractivity contribution < 1.29 is 4.79 Å². The molecule has 0 saturated heterocycles. The normalized spacial score (nSPS) is 8.88. The molecule has 0 rings (SSSR count). The van der Waals surface area contributed by atoms with Crippen molar-refractivity contribution in [3.05, 3.63) is 0 Å². The van der Waals surface area contributed by atoms with E-state index >= 15 is 0 Å². The maximum absolute atomic E-state index is 10.2. The Labute approximate surface area is 58.2 Å². The lowest BCUT2D eigenvalue weighted by molar-refractivity contribution is 0.238. The molecule has 48 valence electrons. The fraction of sp³-hybridized carbons (Fsp3) is 0.750. The van der Waals surface area contributed by atoms with E-state index in [0.717, 1.165) is 0 Å². The van der Waals surface area contributed by atoms with Crippen LogP contribution in [0.1, 0.15) is 0 Å². The van der Waals surface area contributed by atoms with Crippen LogP contribution in [0.3, 0.4) is 0 Å². The highest BCUT2D eigenvalue weighted by Gasteiger charge is 1.99. The van der Waals surface area contributed by atoms with E-state index in [1.165, 1.54) is 4.90 Å². The molecule has 0 saturated carbocycles. The standard InChI is InChI=1S/C4H8ClNOS/c1-6(3-8-2)4(5)7/h3H2,1-2H3. The van der Waals surface area contributed by atoms with Crippen LogP contribution in [0.2, 0.25) is 0 Å². The number of carbonyl (C=O) groups is 1. The Bertz CT molecular complexity index is 88.1. The van der Waals surface area contributed by atoms with Crippen molar-refractivity contribution in [2.24, 2.45) is 0 Å². The minimum atomic E-state index is -0.403. The van der Waals surface area contributed by atoms with Gasteiger partial charge in [0.2, 0.25) is 0 Å². The number of thioether (sulfide) groups is 1. The molecule has 0 spiro atoms. The van der Waals surface area contributed by atoms with E-state index in [0.29, 0.717) is 5.88 Å². The number of hydrogen-bond acceptors (Lipinski definition) is 2. The zero-order chi connectivity index (χ0) is 6.57. The van der Waals surface area contributed by atoms with Gasteiger partial charge in [-0.05, 0) is 17.9 Å². The molecule has 0 atom stereocenters. The average molecular weight is 154 g/mol. The van der Waals surface area contributed by atoms with Gasteiger partial charge in [-0.1, -0.05) is 0 Å². The number of hydrogen-bond donors (Lipinski definition) is 0. The molecule has 0 heterocycles. The van der Waals surface area contributed by atoms with Gasteiger partial charge in [-0.15, -0.1) is 11.8 Å². The van der Waals surface area contributed by atoms with Gasteiger partial charge in [0.05, 0.1) is 5.88 Å².